The Morgan fingerprint density at radius 1 is 1.05 bits per heavy atom. The minimum absolute atomic E-state index is 0.759. The van der Waals surface area contributed by atoms with Gasteiger partial charge in [0, 0.05) is 12.6 Å². The topological polar surface area (TPSA) is 12.0 Å². The summed E-state index contributed by atoms with van der Waals surface area (Å²) in [6.45, 7) is 3.22. The summed E-state index contributed by atoms with van der Waals surface area (Å²) in [5.74, 6) is 0. The first-order valence-electron chi connectivity index (χ1n) is 7.77. The first-order valence-corrected chi connectivity index (χ1v) is 7.77. The zero-order valence-electron chi connectivity index (χ0n) is 12.2. The molecule has 1 N–H and O–H groups in total. The molecule has 0 spiro atoms. The van der Waals surface area contributed by atoms with Crippen LogP contribution in [0.3, 0.4) is 0 Å². The Morgan fingerprint density at radius 3 is 2.70 bits per heavy atom. The molecular weight excluding hydrogens is 242 g/mol. The number of aryl methyl sites for hydroxylation is 1. The van der Waals surface area contributed by atoms with Gasteiger partial charge in [0.2, 0.25) is 0 Å². The second-order valence-corrected chi connectivity index (χ2v) is 5.76. The Hall–Kier alpha value is -1.60. The van der Waals surface area contributed by atoms with Gasteiger partial charge in [-0.15, -0.1) is 0 Å². The van der Waals surface area contributed by atoms with Gasteiger partial charge in [-0.25, -0.2) is 0 Å². The molecule has 0 heterocycles. The molecule has 1 aliphatic carbocycles. The van der Waals surface area contributed by atoms with Crippen molar-refractivity contribution in [3.05, 3.63) is 59.7 Å². The molecule has 0 unspecified atom stereocenters. The molecule has 1 heteroatoms. The van der Waals surface area contributed by atoms with E-state index in [0.717, 1.165) is 19.0 Å². The highest BCUT2D eigenvalue weighted by atomic mass is 14.9. The number of nitrogens with one attached hydrogen (secondary N) is 1. The molecular formula is C19H23N. The zero-order chi connectivity index (χ0) is 13.8. The Labute approximate surface area is 122 Å². The normalized spacial score (nSPS) is 14.4. The minimum Gasteiger partial charge on any atom is -0.310 e. The molecule has 20 heavy (non-hydrogen) atoms. The molecule has 2 aromatic carbocycles. The van der Waals surface area contributed by atoms with Crippen LogP contribution in [0, 0.1) is 0 Å². The molecule has 2 aromatic rings. The summed E-state index contributed by atoms with van der Waals surface area (Å²) in [7, 11) is 0. The fourth-order valence-corrected chi connectivity index (χ4v) is 2.68. The van der Waals surface area contributed by atoms with Crippen molar-refractivity contribution in [1.29, 1.82) is 0 Å². The molecule has 0 bridgehead atoms. The minimum atomic E-state index is 0.759. The van der Waals surface area contributed by atoms with E-state index in [-0.39, 0.29) is 0 Å². The molecule has 0 atom stereocenters. The highest BCUT2D eigenvalue weighted by molar-refractivity contribution is 5.68. The predicted molar refractivity (Wildman–Crippen MR) is 85.7 cm³/mol. The van der Waals surface area contributed by atoms with Crippen molar-refractivity contribution in [2.75, 3.05) is 0 Å². The van der Waals surface area contributed by atoms with Gasteiger partial charge >= 0.3 is 0 Å². The Morgan fingerprint density at radius 2 is 1.90 bits per heavy atom. The van der Waals surface area contributed by atoms with Crippen LogP contribution in [0.5, 0.6) is 0 Å². The summed E-state index contributed by atoms with van der Waals surface area (Å²) < 4.78 is 0. The van der Waals surface area contributed by atoms with E-state index in [4.69, 9.17) is 0 Å². The fraction of sp³-hybridized carbons (Fsp3) is 0.368. The maximum Gasteiger partial charge on any atom is 0.0214 e. The van der Waals surface area contributed by atoms with E-state index in [1.54, 1.807) is 0 Å². The average molecular weight is 265 g/mol. The summed E-state index contributed by atoms with van der Waals surface area (Å²) in [5, 5.41) is 3.62. The number of hydrogen-bond acceptors (Lipinski definition) is 1. The Bertz CT molecular complexity index is 569. The number of rotatable bonds is 6. The summed E-state index contributed by atoms with van der Waals surface area (Å²) in [5.41, 5.74) is 5.57. The second-order valence-electron chi connectivity index (χ2n) is 5.76. The van der Waals surface area contributed by atoms with Gasteiger partial charge in [-0.05, 0) is 41.5 Å². The summed E-state index contributed by atoms with van der Waals surface area (Å²) >= 11 is 0. The van der Waals surface area contributed by atoms with Crippen LogP contribution in [0.1, 0.15) is 37.3 Å². The third kappa shape index (κ3) is 3.29. The second kappa shape index (κ2) is 6.23. The molecule has 0 amide bonds. The summed E-state index contributed by atoms with van der Waals surface area (Å²) in [6.07, 6.45) is 5.05. The lowest BCUT2D eigenvalue weighted by Gasteiger charge is -2.11. The van der Waals surface area contributed by atoms with Crippen LogP contribution in [0.25, 0.3) is 11.1 Å². The van der Waals surface area contributed by atoms with E-state index < -0.39 is 0 Å². The molecule has 1 aliphatic rings. The Kier molecular flexibility index (Phi) is 4.17. The first-order chi connectivity index (χ1) is 9.86. The lowest BCUT2D eigenvalue weighted by molar-refractivity contribution is 0.689. The number of benzene rings is 2. The van der Waals surface area contributed by atoms with Crippen molar-refractivity contribution < 1.29 is 0 Å². The lowest BCUT2D eigenvalue weighted by Crippen LogP contribution is -2.15. The van der Waals surface area contributed by atoms with E-state index in [9.17, 15) is 0 Å². The molecule has 0 aromatic heterocycles. The molecule has 1 fully saturated rings. The molecule has 0 radical (unpaired) electrons. The molecule has 104 valence electrons. The third-order valence-corrected chi connectivity index (χ3v) is 3.95. The maximum atomic E-state index is 3.62. The van der Waals surface area contributed by atoms with Crippen LogP contribution in [0.2, 0.25) is 0 Å². The van der Waals surface area contributed by atoms with Crippen LogP contribution in [-0.2, 0) is 13.0 Å². The van der Waals surface area contributed by atoms with E-state index in [0.29, 0.717) is 0 Å². The fourth-order valence-electron chi connectivity index (χ4n) is 2.68. The van der Waals surface area contributed by atoms with Crippen LogP contribution in [0.15, 0.2) is 48.5 Å². The Balaban J connectivity index is 1.85. The summed E-state index contributed by atoms with van der Waals surface area (Å²) in [6, 6.07) is 18.5. The van der Waals surface area contributed by atoms with Crippen molar-refractivity contribution in [3.8, 4) is 11.1 Å². The van der Waals surface area contributed by atoms with Gasteiger partial charge in [-0.3, -0.25) is 0 Å². The maximum absolute atomic E-state index is 3.62. The van der Waals surface area contributed by atoms with Gasteiger partial charge < -0.3 is 5.32 Å². The summed E-state index contributed by atoms with van der Waals surface area (Å²) in [4.78, 5) is 0. The van der Waals surface area contributed by atoms with Gasteiger partial charge in [0.25, 0.3) is 0 Å². The molecule has 3 rings (SSSR count). The first kappa shape index (κ1) is 13.4. The van der Waals surface area contributed by atoms with Gasteiger partial charge in [-0.1, -0.05) is 61.9 Å². The zero-order valence-corrected chi connectivity index (χ0v) is 12.2. The predicted octanol–water partition coefficient (Wildman–Crippen LogP) is 4.56. The van der Waals surface area contributed by atoms with Gasteiger partial charge in [0.05, 0.1) is 0 Å². The quantitative estimate of drug-likeness (QED) is 0.807. The van der Waals surface area contributed by atoms with Gasteiger partial charge in [0.15, 0.2) is 0 Å². The number of hydrogen-bond donors (Lipinski definition) is 1. The average Bonchev–Trinajstić information content (AvgIpc) is 3.30. The molecule has 1 saturated carbocycles. The van der Waals surface area contributed by atoms with Crippen LogP contribution in [-0.4, -0.2) is 6.04 Å². The van der Waals surface area contributed by atoms with Gasteiger partial charge in [0.1, 0.15) is 0 Å². The highest BCUT2D eigenvalue weighted by Crippen LogP contribution is 2.26. The SMILES string of the molecule is CCCc1cccc(-c2ccccc2CNC2CC2)c1. The third-order valence-electron chi connectivity index (χ3n) is 3.95. The highest BCUT2D eigenvalue weighted by Gasteiger charge is 2.20. The van der Waals surface area contributed by atoms with Gasteiger partial charge in [-0.2, -0.15) is 0 Å². The monoisotopic (exact) mass is 265 g/mol. The van der Waals surface area contributed by atoms with Crippen LogP contribution >= 0.6 is 0 Å². The van der Waals surface area contributed by atoms with Crippen LogP contribution in [0.4, 0.5) is 0 Å². The molecule has 1 nitrogen and oxygen atoms in total. The standard InChI is InChI=1S/C19H23N/c1-2-6-15-7-5-9-16(13-15)19-10-4-3-8-17(19)14-20-18-11-12-18/h3-5,7-10,13,18,20H,2,6,11-12,14H2,1H3. The van der Waals surface area contributed by atoms with Crippen LogP contribution < -0.4 is 5.32 Å². The van der Waals surface area contributed by atoms with Crippen molar-refractivity contribution in [2.24, 2.45) is 0 Å². The lowest BCUT2D eigenvalue weighted by atomic mass is 9.97. The van der Waals surface area contributed by atoms with Crippen molar-refractivity contribution >= 4 is 0 Å². The molecule has 0 aliphatic heterocycles. The van der Waals surface area contributed by atoms with E-state index >= 15 is 0 Å². The van der Waals surface area contributed by atoms with E-state index in [1.165, 1.54) is 41.5 Å². The smallest absolute Gasteiger partial charge is 0.0214 e. The van der Waals surface area contributed by atoms with Crippen molar-refractivity contribution in [3.63, 3.8) is 0 Å². The largest absolute Gasteiger partial charge is 0.310 e. The van der Waals surface area contributed by atoms with E-state index in [1.807, 2.05) is 0 Å². The molecule has 0 saturated heterocycles. The van der Waals surface area contributed by atoms with Crippen molar-refractivity contribution in [2.45, 2.75) is 45.2 Å². The van der Waals surface area contributed by atoms with Crippen molar-refractivity contribution in [1.82, 2.24) is 5.32 Å². The van der Waals surface area contributed by atoms with E-state index in [2.05, 4.69) is 60.8 Å².